The van der Waals surface area contributed by atoms with Gasteiger partial charge in [-0.2, -0.15) is 0 Å². The molecule has 1 aliphatic rings. The van der Waals surface area contributed by atoms with Crippen molar-refractivity contribution in [2.75, 3.05) is 7.11 Å². The zero-order chi connectivity index (χ0) is 13.3. The number of methoxy groups -OCH3 is 1. The summed E-state index contributed by atoms with van der Waals surface area (Å²) in [7, 11) is 1.51. The fourth-order valence-electron chi connectivity index (χ4n) is 1.82. The fraction of sp³-hybridized carbons (Fsp3) is 0.462. The third-order valence-electron chi connectivity index (χ3n) is 3.25. The zero-order valence-corrected chi connectivity index (χ0v) is 10.5. The number of carbonyl (C=O) groups is 1. The Hall–Kier alpha value is -1.62. The van der Waals surface area contributed by atoms with E-state index in [1.165, 1.54) is 19.2 Å². The highest BCUT2D eigenvalue weighted by Crippen LogP contribution is 2.33. The van der Waals surface area contributed by atoms with Gasteiger partial charge in [-0.15, -0.1) is 0 Å². The highest BCUT2D eigenvalue weighted by molar-refractivity contribution is 5.89. The van der Waals surface area contributed by atoms with Crippen LogP contribution in [0.1, 0.15) is 31.4 Å². The molecule has 0 bridgehead atoms. The van der Waals surface area contributed by atoms with Crippen LogP contribution in [0.15, 0.2) is 18.2 Å². The third kappa shape index (κ3) is 2.46. The summed E-state index contributed by atoms with van der Waals surface area (Å²) in [6.45, 7) is 1.78. The molecule has 1 unspecified atom stereocenters. The summed E-state index contributed by atoms with van der Waals surface area (Å²) in [6.07, 6.45) is 1.40. The van der Waals surface area contributed by atoms with Gasteiger partial charge in [-0.05, 0) is 38.0 Å². The van der Waals surface area contributed by atoms with Crippen molar-refractivity contribution in [1.29, 1.82) is 0 Å². The first-order valence-corrected chi connectivity index (χ1v) is 5.89. The lowest BCUT2D eigenvalue weighted by atomic mass is 10.1. The van der Waals surface area contributed by atoms with Gasteiger partial charge in [0, 0.05) is 5.56 Å². The van der Waals surface area contributed by atoms with Crippen molar-refractivity contribution in [1.82, 2.24) is 5.32 Å². The maximum absolute atomic E-state index is 13.2. The Bertz CT molecular complexity index is 472. The topological polar surface area (TPSA) is 64.3 Å². The van der Waals surface area contributed by atoms with Crippen LogP contribution < -0.4 is 15.8 Å². The quantitative estimate of drug-likeness (QED) is 0.853. The van der Waals surface area contributed by atoms with Crippen molar-refractivity contribution >= 4 is 5.91 Å². The van der Waals surface area contributed by atoms with Gasteiger partial charge in [0.1, 0.15) is 11.6 Å². The van der Waals surface area contributed by atoms with E-state index in [9.17, 15) is 9.18 Å². The minimum Gasteiger partial charge on any atom is -0.496 e. The number of benzene rings is 1. The van der Waals surface area contributed by atoms with Crippen LogP contribution >= 0.6 is 0 Å². The molecular formula is C13H17FN2O2. The van der Waals surface area contributed by atoms with Crippen LogP contribution in [0.4, 0.5) is 4.39 Å². The van der Waals surface area contributed by atoms with Crippen molar-refractivity contribution in [2.24, 2.45) is 5.73 Å². The van der Waals surface area contributed by atoms with Crippen molar-refractivity contribution < 1.29 is 13.9 Å². The van der Waals surface area contributed by atoms with Gasteiger partial charge in [0.25, 0.3) is 0 Å². The number of nitrogens with one attached hydrogen (secondary N) is 1. The Balaban J connectivity index is 2.15. The summed E-state index contributed by atoms with van der Waals surface area (Å²) in [5.41, 5.74) is 5.68. The number of halogens is 1. The molecule has 4 nitrogen and oxygen atoms in total. The Morgan fingerprint density at radius 3 is 2.78 bits per heavy atom. The van der Waals surface area contributed by atoms with E-state index in [0.717, 1.165) is 0 Å². The summed E-state index contributed by atoms with van der Waals surface area (Å²) in [5, 5.41) is 2.79. The molecule has 0 aromatic heterocycles. The third-order valence-corrected chi connectivity index (χ3v) is 3.25. The van der Waals surface area contributed by atoms with Crippen LogP contribution in [0.2, 0.25) is 0 Å². The fourth-order valence-corrected chi connectivity index (χ4v) is 1.82. The van der Waals surface area contributed by atoms with Gasteiger partial charge in [-0.3, -0.25) is 4.79 Å². The van der Waals surface area contributed by atoms with Crippen LogP contribution in [-0.4, -0.2) is 18.6 Å². The predicted octanol–water partition coefficient (Wildman–Crippen LogP) is 1.50. The summed E-state index contributed by atoms with van der Waals surface area (Å²) in [5.74, 6) is -0.00633. The van der Waals surface area contributed by atoms with E-state index in [0.29, 0.717) is 24.2 Å². The van der Waals surface area contributed by atoms with E-state index < -0.39 is 5.54 Å². The normalized spacial score (nSPS) is 18.0. The molecule has 0 radical (unpaired) electrons. The van der Waals surface area contributed by atoms with E-state index in [1.807, 2.05) is 0 Å². The lowest BCUT2D eigenvalue weighted by Gasteiger charge is -2.19. The molecule has 18 heavy (non-hydrogen) atoms. The molecule has 0 spiro atoms. The molecular weight excluding hydrogens is 235 g/mol. The van der Waals surface area contributed by atoms with E-state index in [2.05, 4.69) is 5.32 Å². The Morgan fingerprint density at radius 2 is 2.22 bits per heavy atom. The molecule has 0 aliphatic heterocycles. The number of ether oxygens (including phenoxy) is 1. The van der Waals surface area contributed by atoms with E-state index >= 15 is 0 Å². The lowest BCUT2D eigenvalue weighted by Crippen LogP contribution is -2.43. The summed E-state index contributed by atoms with van der Waals surface area (Å²) in [4.78, 5) is 11.8. The molecule has 98 valence electrons. The van der Waals surface area contributed by atoms with Crippen molar-refractivity contribution in [3.05, 3.63) is 29.6 Å². The largest absolute Gasteiger partial charge is 0.496 e. The van der Waals surface area contributed by atoms with E-state index in [-0.39, 0.29) is 17.8 Å². The maximum Gasteiger partial charge on any atom is 0.240 e. The lowest BCUT2D eigenvalue weighted by molar-refractivity contribution is -0.123. The molecule has 2 rings (SSSR count). The molecule has 1 saturated carbocycles. The molecule has 5 heteroatoms. The summed E-state index contributed by atoms with van der Waals surface area (Å²) < 4.78 is 18.4. The Kier molecular flexibility index (Phi) is 3.26. The first-order chi connectivity index (χ1) is 8.46. The van der Waals surface area contributed by atoms with Crippen LogP contribution in [0.3, 0.4) is 0 Å². The van der Waals surface area contributed by atoms with Gasteiger partial charge >= 0.3 is 0 Å². The molecule has 1 amide bonds. The summed E-state index contributed by atoms with van der Waals surface area (Å²) in [6, 6.07) is 3.88. The number of carbonyl (C=O) groups excluding carboxylic acids is 1. The molecule has 3 N–H and O–H groups in total. The van der Waals surface area contributed by atoms with Gasteiger partial charge in [-0.25, -0.2) is 4.39 Å². The second-order valence-electron chi connectivity index (χ2n) is 4.74. The standard InChI is InChI=1S/C13H17FN2O2/c1-8(16-12(17)13(15)5-6-13)10-7-9(14)3-4-11(10)18-2/h3-4,7-8H,5-6,15H2,1-2H3,(H,16,17). The molecule has 0 heterocycles. The SMILES string of the molecule is COc1ccc(F)cc1C(C)NC(=O)C1(N)CC1. The van der Waals surface area contributed by atoms with E-state index in [1.54, 1.807) is 13.0 Å². The van der Waals surface area contributed by atoms with Crippen LogP contribution in [0.5, 0.6) is 5.75 Å². The number of hydrogen-bond donors (Lipinski definition) is 2. The second-order valence-corrected chi connectivity index (χ2v) is 4.74. The monoisotopic (exact) mass is 252 g/mol. The highest BCUT2D eigenvalue weighted by atomic mass is 19.1. The number of amides is 1. The van der Waals surface area contributed by atoms with Gasteiger partial charge in [-0.1, -0.05) is 0 Å². The zero-order valence-electron chi connectivity index (χ0n) is 10.5. The highest BCUT2D eigenvalue weighted by Gasteiger charge is 2.46. The Morgan fingerprint density at radius 1 is 1.56 bits per heavy atom. The second kappa shape index (κ2) is 4.57. The molecule has 1 fully saturated rings. The molecule has 0 saturated heterocycles. The van der Waals surface area contributed by atoms with Crippen molar-refractivity contribution in [3.8, 4) is 5.75 Å². The molecule has 1 atom stereocenters. The Labute approximate surface area is 105 Å². The average molecular weight is 252 g/mol. The summed E-state index contributed by atoms with van der Waals surface area (Å²) >= 11 is 0. The van der Waals surface area contributed by atoms with Crippen LogP contribution in [0.25, 0.3) is 0 Å². The van der Waals surface area contributed by atoms with Crippen LogP contribution in [0, 0.1) is 5.82 Å². The van der Waals surface area contributed by atoms with Gasteiger partial charge in [0.2, 0.25) is 5.91 Å². The van der Waals surface area contributed by atoms with Crippen LogP contribution in [-0.2, 0) is 4.79 Å². The number of hydrogen-bond acceptors (Lipinski definition) is 3. The molecule has 1 aromatic rings. The minimum absolute atomic E-state index is 0.193. The minimum atomic E-state index is -0.727. The maximum atomic E-state index is 13.2. The van der Waals surface area contributed by atoms with Gasteiger partial charge in [0.05, 0.1) is 18.7 Å². The first-order valence-electron chi connectivity index (χ1n) is 5.89. The van der Waals surface area contributed by atoms with Crippen molar-refractivity contribution in [2.45, 2.75) is 31.3 Å². The molecule has 1 aliphatic carbocycles. The number of nitrogens with two attached hydrogens (primary N) is 1. The average Bonchev–Trinajstić information content (AvgIpc) is 3.08. The molecule has 1 aromatic carbocycles. The van der Waals surface area contributed by atoms with E-state index in [4.69, 9.17) is 10.5 Å². The van der Waals surface area contributed by atoms with Gasteiger partial charge in [0.15, 0.2) is 0 Å². The number of rotatable bonds is 4. The van der Waals surface area contributed by atoms with Crippen molar-refractivity contribution in [3.63, 3.8) is 0 Å². The van der Waals surface area contributed by atoms with Gasteiger partial charge < -0.3 is 15.8 Å². The smallest absolute Gasteiger partial charge is 0.240 e. The first kappa shape index (κ1) is 12.8. The predicted molar refractivity (Wildman–Crippen MR) is 65.7 cm³/mol.